The van der Waals surface area contributed by atoms with E-state index >= 15 is 0 Å². The van der Waals surface area contributed by atoms with Crippen molar-refractivity contribution in [1.29, 1.82) is 0 Å². The van der Waals surface area contributed by atoms with Crippen LogP contribution >= 0.6 is 22.6 Å². The normalized spacial score (nSPS) is 48.7. The minimum Gasteiger partial charge on any atom is -0.299 e. The number of hydrogen-bond donors (Lipinski definition) is 0. The van der Waals surface area contributed by atoms with Crippen LogP contribution in [0.15, 0.2) is 0 Å². The Labute approximate surface area is 115 Å². The van der Waals surface area contributed by atoms with Crippen LogP contribution in [-0.2, 0) is 19.1 Å². The van der Waals surface area contributed by atoms with Crippen LogP contribution in [0.25, 0.3) is 0 Å². The van der Waals surface area contributed by atoms with Gasteiger partial charge in [0.05, 0.1) is 12.4 Å². The molecule has 4 saturated carbocycles. The van der Waals surface area contributed by atoms with Gasteiger partial charge in [-0.15, -0.1) is 0 Å². The van der Waals surface area contributed by atoms with Crippen molar-refractivity contribution in [1.82, 2.24) is 0 Å². The van der Waals surface area contributed by atoms with Crippen LogP contribution in [0.2, 0.25) is 0 Å². The highest BCUT2D eigenvalue weighted by Crippen LogP contribution is 2.55. The van der Waals surface area contributed by atoms with Crippen LogP contribution in [0.4, 0.5) is 0 Å². The Bertz CT molecular complexity index is 460. The molecule has 4 aliphatic carbocycles. The first-order valence-electron chi connectivity index (χ1n) is 5.93. The number of alkyl halides is 1. The standard InChI is InChI=1S/C11H15IO4S/c1-17(14,15)16-11-6-2-5-3-8(11)10(13)7(4-6)9(5)12/h5-9,11H,2-4H2,1H3/t5?,6?,7?,8?,9-,11+/m1/s1. The summed E-state index contributed by atoms with van der Waals surface area (Å²) in [5, 5.41) is 0. The summed E-state index contributed by atoms with van der Waals surface area (Å²) in [5.74, 6) is 1.07. The quantitative estimate of drug-likeness (QED) is 0.419. The zero-order valence-electron chi connectivity index (χ0n) is 9.50. The third-order valence-corrected chi connectivity index (χ3v) is 6.89. The molecule has 96 valence electrons. The molecule has 4 fully saturated rings. The fourth-order valence-corrected chi connectivity index (χ4v) is 5.79. The Morgan fingerprint density at radius 2 is 1.82 bits per heavy atom. The molecular weight excluding hydrogens is 355 g/mol. The molecule has 4 aliphatic rings. The molecule has 17 heavy (non-hydrogen) atoms. The highest BCUT2D eigenvalue weighted by molar-refractivity contribution is 14.1. The monoisotopic (exact) mass is 370 g/mol. The van der Waals surface area contributed by atoms with Crippen molar-refractivity contribution in [3.8, 4) is 0 Å². The Morgan fingerprint density at radius 1 is 1.18 bits per heavy atom. The van der Waals surface area contributed by atoms with Crippen LogP contribution in [0.1, 0.15) is 19.3 Å². The van der Waals surface area contributed by atoms with Gasteiger partial charge in [-0.3, -0.25) is 8.98 Å². The first-order valence-corrected chi connectivity index (χ1v) is 8.99. The first kappa shape index (κ1) is 12.3. The lowest BCUT2D eigenvalue weighted by Gasteiger charge is -2.54. The minimum absolute atomic E-state index is 0.150. The molecule has 6 heteroatoms. The van der Waals surface area contributed by atoms with Crippen LogP contribution < -0.4 is 0 Å². The summed E-state index contributed by atoms with van der Waals surface area (Å²) >= 11 is 2.40. The molecule has 0 heterocycles. The van der Waals surface area contributed by atoms with E-state index in [0.29, 0.717) is 9.84 Å². The summed E-state index contributed by atoms with van der Waals surface area (Å²) in [6, 6.07) is 0. The third kappa shape index (κ3) is 1.96. The van der Waals surface area contributed by atoms with E-state index in [0.717, 1.165) is 25.5 Å². The van der Waals surface area contributed by atoms with Gasteiger partial charge in [0, 0.05) is 15.8 Å². The largest absolute Gasteiger partial charge is 0.299 e. The minimum atomic E-state index is -3.46. The summed E-state index contributed by atoms with van der Waals surface area (Å²) in [6.07, 6.45) is 3.35. The van der Waals surface area contributed by atoms with Gasteiger partial charge in [0.1, 0.15) is 5.78 Å². The van der Waals surface area contributed by atoms with E-state index in [4.69, 9.17) is 4.18 Å². The molecule has 6 atom stereocenters. The van der Waals surface area contributed by atoms with E-state index in [9.17, 15) is 13.2 Å². The Hall–Kier alpha value is 0.310. The van der Waals surface area contributed by atoms with E-state index in [-0.39, 0.29) is 29.6 Å². The van der Waals surface area contributed by atoms with Crippen LogP contribution in [0.5, 0.6) is 0 Å². The number of carbonyl (C=O) groups excluding carboxylic acids is 1. The number of hydrogen-bond acceptors (Lipinski definition) is 4. The summed E-state index contributed by atoms with van der Waals surface area (Å²) in [4.78, 5) is 12.2. The highest BCUT2D eigenvalue weighted by atomic mass is 127. The van der Waals surface area contributed by atoms with Gasteiger partial charge < -0.3 is 0 Å². The number of halogens is 1. The Kier molecular flexibility index (Phi) is 2.83. The lowest BCUT2D eigenvalue weighted by molar-refractivity contribution is -0.149. The van der Waals surface area contributed by atoms with E-state index in [1.54, 1.807) is 0 Å². The van der Waals surface area contributed by atoms with Gasteiger partial charge in [-0.2, -0.15) is 8.42 Å². The van der Waals surface area contributed by atoms with Crippen molar-refractivity contribution < 1.29 is 17.4 Å². The van der Waals surface area contributed by atoms with Crippen LogP contribution in [0, 0.1) is 23.7 Å². The van der Waals surface area contributed by atoms with E-state index in [2.05, 4.69) is 22.6 Å². The molecular formula is C11H15IO4S. The maximum Gasteiger partial charge on any atom is 0.264 e. The molecule has 0 aromatic carbocycles. The maximum absolute atomic E-state index is 12.2. The van der Waals surface area contributed by atoms with E-state index in [1.165, 1.54) is 0 Å². The fraction of sp³-hybridized carbons (Fsp3) is 0.909. The van der Waals surface area contributed by atoms with E-state index in [1.807, 2.05) is 0 Å². The molecule has 0 saturated heterocycles. The van der Waals surface area contributed by atoms with E-state index < -0.39 is 10.1 Å². The smallest absolute Gasteiger partial charge is 0.264 e. The lowest BCUT2D eigenvalue weighted by atomic mass is 9.54. The second-order valence-corrected chi connectivity index (χ2v) is 8.59. The number of ketones is 1. The second kappa shape index (κ2) is 3.90. The molecule has 0 spiro atoms. The van der Waals surface area contributed by atoms with Crippen molar-refractivity contribution in [2.75, 3.05) is 6.26 Å². The van der Waals surface area contributed by atoms with Gasteiger partial charge in [0.15, 0.2) is 0 Å². The number of Topliss-reactive ketones (excluding diaryl/α,β-unsaturated/α-hetero) is 1. The van der Waals surface area contributed by atoms with Gasteiger partial charge in [0.25, 0.3) is 10.1 Å². The zero-order valence-corrected chi connectivity index (χ0v) is 12.5. The summed E-state index contributed by atoms with van der Waals surface area (Å²) < 4.78 is 28.1. The second-order valence-electron chi connectivity index (χ2n) is 5.55. The molecule has 0 N–H and O–H groups in total. The van der Waals surface area contributed by atoms with Gasteiger partial charge in [-0.1, -0.05) is 22.6 Å². The summed E-state index contributed by atoms with van der Waals surface area (Å²) in [6.45, 7) is 0. The summed E-state index contributed by atoms with van der Waals surface area (Å²) in [5.41, 5.74) is 0. The predicted molar refractivity (Wildman–Crippen MR) is 70.3 cm³/mol. The lowest BCUT2D eigenvalue weighted by Crippen LogP contribution is -2.59. The molecule has 0 aliphatic heterocycles. The average Bonchev–Trinajstić information content (AvgIpc) is 2.20. The van der Waals surface area contributed by atoms with Crippen molar-refractivity contribution in [2.24, 2.45) is 23.7 Å². The summed E-state index contributed by atoms with van der Waals surface area (Å²) in [7, 11) is -3.46. The molecule has 0 amide bonds. The zero-order chi connectivity index (χ0) is 12.4. The first-order chi connectivity index (χ1) is 7.87. The third-order valence-electron chi connectivity index (χ3n) is 4.43. The van der Waals surface area contributed by atoms with Crippen molar-refractivity contribution in [3.05, 3.63) is 0 Å². The van der Waals surface area contributed by atoms with Gasteiger partial charge in [0.2, 0.25) is 0 Å². The van der Waals surface area contributed by atoms with Crippen LogP contribution in [0.3, 0.4) is 0 Å². The highest BCUT2D eigenvalue weighted by Gasteiger charge is 2.58. The molecule has 0 aromatic heterocycles. The topological polar surface area (TPSA) is 60.4 Å². The molecule has 4 unspecified atom stereocenters. The molecule has 0 aromatic rings. The number of rotatable bonds is 2. The molecule has 4 bridgehead atoms. The molecule has 4 rings (SSSR count). The molecule has 0 radical (unpaired) electrons. The average molecular weight is 370 g/mol. The van der Waals surface area contributed by atoms with Crippen molar-refractivity contribution in [3.63, 3.8) is 0 Å². The van der Waals surface area contributed by atoms with Crippen molar-refractivity contribution >= 4 is 38.5 Å². The Morgan fingerprint density at radius 3 is 2.47 bits per heavy atom. The SMILES string of the molecule is CS(=O)(=O)O[C@H]1C2CC3CC1C(=O)C(C2)[C@@H]3I. The van der Waals surface area contributed by atoms with Gasteiger partial charge >= 0.3 is 0 Å². The maximum atomic E-state index is 12.2. The fourth-order valence-electron chi connectivity index (χ4n) is 3.86. The number of carbonyl (C=O) groups is 1. The Balaban J connectivity index is 1.89. The van der Waals surface area contributed by atoms with Gasteiger partial charge in [-0.05, 0) is 31.1 Å². The predicted octanol–water partition coefficient (Wildman–Crippen LogP) is 1.38. The van der Waals surface area contributed by atoms with Crippen LogP contribution in [-0.4, -0.2) is 30.5 Å². The van der Waals surface area contributed by atoms with Gasteiger partial charge in [-0.25, -0.2) is 0 Å². The van der Waals surface area contributed by atoms with Crippen molar-refractivity contribution in [2.45, 2.75) is 29.3 Å². The molecule has 4 nitrogen and oxygen atoms in total.